The van der Waals surface area contributed by atoms with Crippen molar-refractivity contribution in [3.63, 3.8) is 0 Å². The number of carbonyl (C=O) groups is 2. The van der Waals surface area contributed by atoms with Crippen LogP contribution in [0.2, 0.25) is 0 Å². The molecule has 0 spiro atoms. The van der Waals surface area contributed by atoms with Crippen molar-refractivity contribution >= 4 is 17.6 Å². The van der Waals surface area contributed by atoms with Gasteiger partial charge in [0.15, 0.2) is 0 Å². The second-order valence-electron chi connectivity index (χ2n) is 5.91. The third-order valence-electron chi connectivity index (χ3n) is 4.18. The van der Waals surface area contributed by atoms with Crippen LogP contribution in [0.1, 0.15) is 26.3 Å². The Morgan fingerprint density at radius 3 is 2.15 bits per heavy atom. The molecular weight excluding hydrogens is 342 g/mol. The third kappa shape index (κ3) is 4.15. The molecule has 0 aromatic heterocycles. The summed E-state index contributed by atoms with van der Waals surface area (Å²) >= 11 is 0. The maximum Gasteiger partial charge on any atom is 0.258 e. The summed E-state index contributed by atoms with van der Waals surface area (Å²) in [4.78, 5) is 26.1. The Balaban J connectivity index is 2.03. The van der Waals surface area contributed by atoms with Crippen molar-refractivity contribution in [1.82, 2.24) is 0 Å². The fourth-order valence-electron chi connectivity index (χ4n) is 2.80. The van der Waals surface area contributed by atoms with E-state index in [1.807, 2.05) is 18.2 Å². The number of hydrogen-bond acceptors (Lipinski definition) is 4. The molecule has 3 aromatic carbocycles. The van der Waals surface area contributed by atoms with E-state index < -0.39 is 5.97 Å². The molecule has 0 bridgehead atoms. The summed E-state index contributed by atoms with van der Waals surface area (Å²) in [5.41, 5.74) is 1.57. The van der Waals surface area contributed by atoms with Crippen molar-refractivity contribution in [3.05, 3.63) is 95.6 Å². The molecule has 5 heteroatoms. The summed E-state index contributed by atoms with van der Waals surface area (Å²) in [6.07, 6.45) is 0. The minimum Gasteiger partial charge on any atom is -0.545 e. The van der Waals surface area contributed by atoms with Crippen LogP contribution in [0.4, 0.5) is 5.69 Å². The van der Waals surface area contributed by atoms with E-state index >= 15 is 0 Å². The highest BCUT2D eigenvalue weighted by Crippen LogP contribution is 2.25. The summed E-state index contributed by atoms with van der Waals surface area (Å²) < 4.78 is 5.16. The van der Waals surface area contributed by atoms with Crippen molar-refractivity contribution in [2.24, 2.45) is 0 Å². The van der Waals surface area contributed by atoms with Crippen LogP contribution in [0.25, 0.3) is 0 Å². The first-order valence-corrected chi connectivity index (χ1v) is 8.40. The van der Waals surface area contributed by atoms with Gasteiger partial charge in [-0.1, -0.05) is 48.5 Å². The predicted molar refractivity (Wildman–Crippen MR) is 101 cm³/mol. The lowest BCUT2D eigenvalue weighted by Crippen LogP contribution is -2.33. The number of aromatic carboxylic acids is 1. The summed E-state index contributed by atoms with van der Waals surface area (Å²) in [5, 5.41) is 11.6. The van der Waals surface area contributed by atoms with Gasteiger partial charge in [-0.05, 0) is 35.9 Å². The number of benzene rings is 3. The SMILES string of the molecule is COc1ccc(CN(C(=O)c2ccccc2)c2ccccc2C(=O)[O-])cc1. The van der Waals surface area contributed by atoms with Gasteiger partial charge in [-0.3, -0.25) is 4.79 Å². The minimum atomic E-state index is -1.33. The third-order valence-corrected chi connectivity index (χ3v) is 4.18. The van der Waals surface area contributed by atoms with E-state index in [0.29, 0.717) is 17.0 Å². The van der Waals surface area contributed by atoms with Gasteiger partial charge in [0.2, 0.25) is 0 Å². The van der Waals surface area contributed by atoms with Gasteiger partial charge in [-0.2, -0.15) is 0 Å². The van der Waals surface area contributed by atoms with Crippen LogP contribution in [0.15, 0.2) is 78.9 Å². The van der Waals surface area contributed by atoms with E-state index in [-0.39, 0.29) is 18.0 Å². The molecule has 0 aliphatic heterocycles. The van der Waals surface area contributed by atoms with Crippen molar-refractivity contribution < 1.29 is 19.4 Å². The summed E-state index contributed by atoms with van der Waals surface area (Å²) in [5.74, 6) is -0.916. The molecule has 3 rings (SSSR count). The summed E-state index contributed by atoms with van der Waals surface area (Å²) in [6.45, 7) is 0.210. The molecular formula is C22H18NO4-. The quantitative estimate of drug-likeness (QED) is 0.678. The molecule has 136 valence electrons. The topological polar surface area (TPSA) is 69.7 Å². The first-order valence-electron chi connectivity index (χ1n) is 8.40. The van der Waals surface area contributed by atoms with Crippen LogP contribution in [-0.2, 0) is 6.54 Å². The Bertz CT molecular complexity index is 936. The Hall–Kier alpha value is -3.60. The van der Waals surface area contributed by atoms with Crippen molar-refractivity contribution in [1.29, 1.82) is 0 Å². The van der Waals surface area contributed by atoms with Crippen LogP contribution in [0.3, 0.4) is 0 Å². The molecule has 0 aliphatic carbocycles. The zero-order valence-corrected chi connectivity index (χ0v) is 14.8. The molecule has 5 nitrogen and oxygen atoms in total. The summed E-state index contributed by atoms with van der Waals surface area (Å²) in [6, 6.07) is 22.4. The Labute approximate surface area is 157 Å². The van der Waals surface area contributed by atoms with E-state index in [1.54, 1.807) is 61.7 Å². The highest BCUT2D eigenvalue weighted by Gasteiger charge is 2.21. The average Bonchev–Trinajstić information content (AvgIpc) is 2.72. The van der Waals surface area contributed by atoms with Crippen LogP contribution in [0.5, 0.6) is 5.75 Å². The number of rotatable bonds is 6. The molecule has 0 fully saturated rings. The summed E-state index contributed by atoms with van der Waals surface area (Å²) in [7, 11) is 1.58. The number of carboxylic acid groups (broad SMARTS) is 1. The lowest BCUT2D eigenvalue weighted by molar-refractivity contribution is -0.254. The Morgan fingerprint density at radius 2 is 1.52 bits per heavy atom. The maximum absolute atomic E-state index is 13.1. The van der Waals surface area contributed by atoms with Gasteiger partial charge in [0.1, 0.15) is 5.75 Å². The normalized spacial score (nSPS) is 10.3. The molecule has 27 heavy (non-hydrogen) atoms. The fraction of sp³-hybridized carbons (Fsp3) is 0.0909. The van der Waals surface area contributed by atoms with Crippen LogP contribution in [-0.4, -0.2) is 19.0 Å². The van der Waals surface area contributed by atoms with Crippen LogP contribution < -0.4 is 14.7 Å². The van der Waals surface area contributed by atoms with Gasteiger partial charge >= 0.3 is 0 Å². The molecule has 3 aromatic rings. The molecule has 0 heterocycles. The zero-order valence-electron chi connectivity index (χ0n) is 14.8. The van der Waals surface area contributed by atoms with Crippen molar-refractivity contribution in [3.8, 4) is 5.75 Å². The Morgan fingerprint density at radius 1 is 0.889 bits per heavy atom. The average molecular weight is 360 g/mol. The van der Waals surface area contributed by atoms with Gasteiger partial charge in [-0.15, -0.1) is 0 Å². The number of carboxylic acids is 1. The van der Waals surface area contributed by atoms with Crippen molar-refractivity contribution in [2.45, 2.75) is 6.54 Å². The number of hydrogen-bond donors (Lipinski definition) is 0. The lowest BCUT2D eigenvalue weighted by atomic mass is 10.1. The van der Waals surface area contributed by atoms with Crippen LogP contribution >= 0.6 is 0 Å². The molecule has 0 aliphatic rings. The highest BCUT2D eigenvalue weighted by atomic mass is 16.5. The second kappa shape index (κ2) is 8.19. The number of nitrogens with zero attached hydrogens (tertiary/aromatic N) is 1. The fourth-order valence-corrected chi connectivity index (χ4v) is 2.80. The lowest BCUT2D eigenvalue weighted by Gasteiger charge is -2.26. The zero-order chi connectivity index (χ0) is 19.2. The van der Waals surface area contributed by atoms with E-state index in [0.717, 1.165) is 5.56 Å². The molecule has 0 unspecified atom stereocenters. The van der Waals surface area contributed by atoms with Crippen LogP contribution in [0, 0.1) is 0 Å². The first kappa shape index (κ1) is 18.2. The first-order chi connectivity index (χ1) is 13.1. The number of para-hydroxylation sites is 1. The number of anilines is 1. The molecule has 0 N–H and O–H groups in total. The maximum atomic E-state index is 13.1. The monoisotopic (exact) mass is 360 g/mol. The van der Waals surface area contributed by atoms with E-state index in [1.165, 1.54) is 11.0 Å². The molecule has 0 saturated heterocycles. The number of ether oxygens (including phenoxy) is 1. The number of methoxy groups -OCH3 is 1. The molecule has 1 amide bonds. The molecule has 0 atom stereocenters. The predicted octanol–water partition coefficient (Wildman–Crippen LogP) is 2.91. The smallest absolute Gasteiger partial charge is 0.258 e. The number of carbonyl (C=O) groups excluding carboxylic acids is 2. The standard InChI is InChI=1S/C22H19NO4/c1-27-18-13-11-16(12-14-18)15-23(21(24)17-7-3-2-4-8-17)20-10-6-5-9-19(20)22(25)26/h2-14H,15H2,1H3,(H,25,26)/p-1. The number of amides is 1. The van der Waals surface area contributed by atoms with Crippen molar-refractivity contribution in [2.75, 3.05) is 12.0 Å². The largest absolute Gasteiger partial charge is 0.545 e. The Kier molecular flexibility index (Phi) is 5.52. The highest BCUT2D eigenvalue weighted by molar-refractivity contribution is 6.09. The van der Waals surface area contributed by atoms with E-state index in [2.05, 4.69) is 0 Å². The van der Waals surface area contributed by atoms with Gasteiger partial charge in [0.05, 0.1) is 25.3 Å². The van der Waals surface area contributed by atoms with Gasteiger partial charge in [-0.25, -0.2) is 0 Å². The van der Waals surface area contributed by atoms with Gasteiger partial charge in [0.25, 0.3) is 5.91 Å². The van der Waals surface area contributed by atoms with E-state index in [4.69, 9.17) is 4.74 Å². The van der Waals surface area contributed by atoms with E-state index in [9.17, 15) is 14.7 Å². The second-order valence-corrected chi connectivity index (χ2v) is 5.91. The van der Waals surface area contributed by atoms with Gasteiger partial charge in [0, 0.05) is 11.1 Å². The van der Waals surface area contributed by atoms with Gasteiger partial charge < -0.3 is 19.5 Å². The minimum absolute atomic E-state index is 0.0321. The molecule has 0 radical (unpaired) electrons. The molecule has 0 saturated carbocycles.